The van der Waals surface area contributed by atoms with Gasteiger partial charge in [-0.3, -0.25) is 0 Å². The van der Waals surface area contributed by atoms with Crippen LogP contribution in [0.1, 0.15) is 23.6 Å². The number of nitrogens with zero attached hydrogens (tertiary/aromatic N) is 2. The summed E-state index contributed by atoms with van der Waals surface area (Å²) in [6, 6.07) is 12.7. The smallest absolute Gasteiger partial charge is 0.342 e. The predicted molar refractivity (Wildman–Crippen MR) is 97.9 cm³/mol. The fraction of sp³-hybridized carbons (Fsp3) is 0.111. The van der Waals surface area contributed by atoms with Gasteiger partial charge < -0.3 is 11.1 Å². The predicted octanol–water partition coefficient (Wildman–Crippen LogP) is 3.69. The number of hydrogen-bond donors (Lipinski definition) is 2. The second kappa shape index (κ2) is 6.37. The molecule has 5 nitrogen and oxygen atoms in total. The zero-order chi connectivity index (χ0) is 17.3. The first-order valence-corrected chi connectivity index (χ1v) is 7.82. The van der Waals surface area contributed by atoms with Gasteiger partial charge in [-0.2, -0.15) is 10.1 Å². The molecule has 122 valence electrons. The Balaban J connectivity index is 2.24. The van der Waals surface area contributed by atoms with Crippen molar-refractivity contribution in [3.05, 3.63) is 69.9 Å². The van der Waals surface area contributed by atoms with Crippen LogP contribution in [0.3, 0.4) is 0 Å². The number of rotatable bonds is 1. The molecule has 3 rings (SSSR count). The molecule has 1 aliphatic heterocycles. The van der Waals surface area contributed by atoms with Crippen molar-refractivity contribution < 1.29 is 4.79 Å². The van der Waals surface area contributed by atoms with E-state index in [0.29, 0.717) is 22.1 Å². The summed E-state index contributed by atoms with van der Waals surface area (Å²) in [5.41, 5.74) is 10.5. The van der Waals surface area contributed by atoms with Crippen LogP contribution < -0.4 is 11.1 Å². The van der Waals surface area contributed by atoms with Gasteiger partial charge >= 0.3 is 6.03 Å². The first-order valence-electron chi connectivity index (χ1n) is 7.44. The molecule has 0 saturated heterocycles. The lowest BCUT2D eigenvalue weighted by Crippen LogP contribution is -2.33. The summed E-state index contributed by atoms with van der Waals surface area (Å²) < 4.78 is 0. The number of anilines is 1. The lowest BCUT2D eigenvalue weighted by atomic mass is 9.97. The third-order valence-corrected chi connectivity index (χ3v) is 3.99. The number of carbonyl (C=O) groups is 1. The van der Waals surface area contributed by atoms with E-state index in [4.69, 9.17) is 17.3 Å². The van der Waals surface area contributed by atoms with E-state index >= 15 is 0 Å². The van der Waals surface area contributed by atoms with E-state index in [1.165, 1.54) is 5.01 Å². The van der Waals surface area contributed by atoms with Gasteiger partial charge in [0.2, 0.25) is 0 Å². The van der Waals surface area contributed by atoms with Gasteiger partial charge in [0, 0.05) is 34.6 Å². The minimum atomic E-state index is -0.310. The molecular weight excluding hydrogens is 324 g/mol. The Morgan fingerprint density at radius 2 is 1.92 bits per heavy atom. The van der Waals surface area contributed by atoms with Gasteiger partial charge in [-0.15, -0.1) is 0 Å². The number of fused-ring (bicyclic) bond motifs is 1. The summed E-state index contributed by atoms with van der Waals surface area (Å²) in [6.45, 7) is 1.83. The van der Waals surface area contributed by atoms with Crippen molar-refractivity contribution >= 4 is 35.1 Å². The SMILES string of the molecule is CNC(=O)N1N=C(c2ccc(N)cc2)c2ccc(Cl)cc2C=C1C. The maximum atomic E-state index is 12.2. The number of nitrogen functional groups attached to an aromatic ring is 1. The average Bonchev–Trinajstić information content (AvgIpc) is 2.70. The summed E-state index contributed by atoms with van der Waals surface area (Å²) >= 11 is 6.14. The number of urea groups is 1. The minimum absolute atomic E-state index is 0.310. The zero-order valence-corrected chi connectivity index (χ0v) is 14.1. The van der Waals surface area contributed by atoms with Gasteiger partial charge in [-0.05, 0) is 42.8 Å². The number of halogens is 1. The van der Waals surface area contributed by atoms with Crippen molar-refractivity contribution in [3.63, 3.8) is 0 Å². The van der Waals surface area contributed by atoms with Crippen LogP contribution in [-0.2, 0) is 0 Å². The number of nitrogens with two attached hydrogens (primary N) is 1. The van der Waals surface area contributed by atoms with Crippen LogP contribution >= 0.6 is 11.6 Å². The van der Waals surface area contributed by atoms with E-state index in [0.717, 1.165) is 16.7 Å². The highest BCUT2D eigenvalue weighted by Crippen LogP contribution is 2.27. The van der Waals surface area contributed by atoms with Crippen molar-refractivity contribution in [2.24, 2.45) is 5.10 Å². The first kappa shape index (κ1) is 16.1. The fourth-order valence-corrected chi connectivity index (χ4v) is 2.73. The molecule has 24 heavy (non-hydrogen) atoms. The van der Waals surface area contributed by atoms with E-state index in [-0.39, 0.29) is 6.03 Å². The van der Waals surface area contributed by atoms with E-state index in [2.05, 4.69) is 10.4 Å². The zero-order valence-electron chi connectivity index (χ0n) is 13.4. The van der Waals surface area contributed by atoms with Crippen molar-refractivity contribution in [1.82, 2.24) is 10.3 Å². The highest BCUT2D eigenvalue weighted by atomic mass is 35.5. The van der Waals surface area contributed by atoms with Crippen molar-refractivity contribution in [2.45, 2.75) is 6.92 Å². The lowest BCUT2D eigenvalue weighted by Gasteiger charge is -2.17. The number of carbonyl (C=O) groups excluding carboxylic acids is 1. The van der Waals surface area contributed by atoms with Gasteiger partial charge in [0.05, 0.1) is 5.71 Å². The highest BCUT2D eigenvalue weighted by molar-refractivity contribution is 6.31. The molecule has 0 atom stereocenters. The Labute approximate surface area is 145 Å². The quantitative estimate of drug-likeness (QED) is 0.777. The monoisotopic (exact) mass is 340 g/mol. The number of benzene rings is 2. The number of hydrogen-bond acceptors (Lipinski definition) is 3. The van der Waals surface area contributed by atoms with Gasteiger partial charge in [0.1, 0.15) is 0 Å². The van der Waals surface area contributed by atoms with E-state index < -0.39 is 0 Å². The number of nitrogens with one attached hydrogen (secondary N) is 1. The van der Waals surface area contributed by atoms with Crippen LogP contribution in [-0.4, -0.2) is 23.8 Å². The van der Waals surface area contributed by atoms with Crippen LogP contribution in [0, 0.1) is 0 Å². The first-order chi connectivity index (χ1) is 11.5. The molecule has 1 heterocycles. The molecule has 0 saturated carbocycles. The van der Waals surface area contributed by atoms with Crippen LogP contribution in [0.15, 0.2) is 53.3 Å². The third-order valence-electron chi connectivity index (χ3n) is 3.76. The maximum absolute atomic E-state index is 12.2. The van der Waals surface area contributed by atoms with Crippen LogP contribution in [0.2, 0.25) is 5.02 Å². The molecule has 0 spiro atoms. The lowest BCUT2D eigenvalue weighted by molar-refractivity contribution is 0.215. The van der Waals surface area contributed by atoms with Crippen molar-refractivity contribution in [2.75, 3.05) is 12.8 Å². The number of hydrazone groups is 1. The van der Waals surface area contributed by atoms with Crippen molar-refractivity contribution in [3.8, 4) is 0 Å². The second-order valence-corrected chi connectivity index (χ2v) is 5.89. The standard InChI is InChI=1S/C18H17ClN4O/c1-11-9-13-10-14(19)5-8-16(13)17(22-23(11)18(24)21-2)12-3-6-15(20)7-4-12/h3-10H,20H2,1-2H3,(H,21,24). The molecule has 0 bridgehead atoms. The molecule has 2 aromatic carbocycles. The molecule has 2 aromatic rings. The van der Waals surface area contributed by atoms with E-state index in [1.807, 2.05) is 55.5 Å². The summed E-state index contributed by atoms with van der Waals surface area (Å²) in [6.07, 6.45) is 1.89. The number of allylic oxidation sites excluding steroid dienone is 1. The summed E-state index contributed by atoms with van der Waals surface area (Å²) in [4.78, 5) is 12.2. The Morgan fingerprint density at radius 3 is 2.58 bits per heavy atom. The molecule has 0 fully saturated rings. The summed E-state index contributed by atoms with van der Waals surface area (Å²) in [7, 11) is 1.57. The largest absolute Gasteiger partial charge is 0.399 e. The highest BCUT2D eigenvalue weighted by Gasteiger charge is 2.21. The molecule has 0 aliphatic carbocycles. The molecule has 6 heteroatoms. The van der Waals surface area contributed by atoms with E-state index in [9.17, 15) is 4.79 Å². The maximum Gasteiger partial charge on any atom is 0.342 e. The van der Waals surface area contributed by atoms with Crippen LogP contribution in [0.5, 0.6) is 0 Å². The molecule has 0 aromatic heterocycles. The van der Waals surface area contributed by atoms with E-state index in [1.54, 1.807) is 7.05 Å². The van der Waals surface area contributed by atoms with Gasteiger partial charge in [0.25, 0.3) is 0 Å². The Bertz CT molecular complexity index is 856. The summed E-state index contributed by atoms with van der Waals surface area (Å²) in [5.74, 6) is 0. The van der Waals surface area contributed by atoms with Gasteiger partial charge in [-0.1, -0.05) is 29.8 Å². The number of amides is 2. The molecule has 0 radical (unpaired) electrons. The second-order valence-electron chi connectivity index (χ2n) is 5.45. The Morgan fingerprint density at radius 1 is 1.21 bits per heavy atom. The Kier molecular flexibility index (Phi) is 4.27. The van der Waals surface area contributed by atoms with Crippen molar-refractivity contribution in [1.29, 1.82) is 0 Å². The van der Waals surface area contributed by atoms with Crippen LogP contribution in [0.25, 0.3) is 6.08 Å². The molecule has 3 N–H and O–H groups in total. The van der Waals surface area contributed by atoms with Gasteiger partial charge in [0.15, 0.2) is 0 Å². The van der Waals surface area contributed by atoms with Gasteiger partial charge in [-0.25, -0.2) is 4.79 Å². The molecule has 0 unspecified atom stereocenters. The molecular formula is C18H17ClN4O. The van der Waals surface area contributed by atoms with Crippen LogP contribution in [0.4, 0.5) is 10.5 Å². The Hall–Kier alpha value is -2.79. The topological polar surface area (TPSA) is 70.7 Å². The summed E-state index contributed by atoms with van der Waals surface area (Å²) in [5, 5.41) is 9.16. The normalized spacial score (nSPS) is 13.5. The third kappa shape index (κ3) is 2.98. The molecule has 1 aliphatic rings. The fourth-order valence-electron chi connectivity index (χ4n) is 2.55. The minimum Gasteiger partial charge on any atom is -0.399 e. The average molecular weight is 341 g/mol. The molecule has 2 amide bonds.